The van der Waals surface area contributed by atoms with E-state index >= 15 is 0 Å². The fourth-order valence-electron chi connectivity index (χ4n) is 2.86. The van der Waals surface area contributed by atoms with E-state index in [4.69, 9.17) is 4.74 Å². The maximum absolute atomic E-state index is 12.6. The Labute approximate surface area is 149 Å². The summed E-state index contributed by atoms with van der Waals surface area (Å²) < 4.78 is 6.81. The van der Waals surface area contributed by atoms with E-state index in [0.29, 0.717) is 17.8 Å². The highest BCUT2D eigenvalue weighted by Crippen LogP contribution is 2.21. The van der Waals surface area contributed by atoms with Crippen LogP contribution in [-0.4, -0.2) is 32.8 Å². The highest BCUT2D eigenvalue weighted by molar-refractivity contribution is 5.97. The Bertz CT molecular complexity index is 1050. The van der Waals surface area contributed by atoms with Gasteiger partial charge >= 0.3 is 0 Å². The Morgan fingerprint density at radius 1 is 1.23 bits per heavy atom. The van der Waals surface area contributed by atoms with Crippen LogP contribution in [0.3, 0.4) is 0 Å². The zero-order chi connectivity index (χ0) is 17.9. The third-order valence-corrected chi connectivity index (χ3v) is 4.14. The lowest BCUT2D eigenvalue weighted by Gasteiger charge is -2.09. The largest absolute Gasteiger partial charge is 0.497 e. The van der Waals surface area contributed by atoms with Gasteiger partial charge in [-0.2, -0.15) is 5.10 Å². The van der Waals surface area contributed by atoms with E-state index in [9.17, 15) is 4.79 Å². The zero-order valence-corrected chi connectivity index (χ0v) is 14.1. The number of carbonyl (C=O) groups excluding carboxylic acids is 1. The Morgan fingerprint density at radius 3 is 2.92 bits per heavy atom. The van der Waals surface area contributed by atoms with Crippen molar-refractivity contribution in [2.24, 2.45) is 0 Å². The van der Waals surface area contributed by atoms with Crippen LogP contribution < -0.4 is 10.1 Å². The number of fused-ring (bicyclic) bond motifs is 1. The Morgan fingerprint density at radius 2 is 2.12 bits per heavy atom. The molecule has 7 nitrogen and oxygen atoms in total. The molecule has 2 aromatic heterocycles. The number of amides is 1. The molecule has 0 aliphatic rings. The molecular weight excluding hydrogens is 330 g/mol. The van der Waals surface area contributed by atoms with Crippen LogP contribution >= 0.6 is 0 Å². The second-order valence-electron chi connectivity index (χ2n) is 5.79. The fourth-order valence-corrected chi connectivity index (χ4v) is 2.86. The lowest BCUT2D eigenvalue weighted by atomic mass is 10.1. The second kappa shape index (κ2) is 6.72. The highest BCUT2D eigenvalue weighted by Gasteiger charge is 2.13. The molecule has 0 aliphatic heterocycles. The summed E-state index contributed by atoms with van der Waals surface area (Å²) in [6.45, 7) is 0.390. The summed E-state index contributed by atoms with van der Waals surface area (Å²) in [7, 11) is 1.64. The lowest BCUT2D eigenvalue weighted by Crippen LogP contribution is -2.24. The van der Waals surface area contributed by atoms with E-state index in [2.05, 4.69) is 20.4 Å². The first-order valence-corrected chi connectivity index (χ1v) is 8.12. The number of aromatic nitrogens is 4. The SMILES string of the molecule is COc1ccc2[nH]c(CNC(=O)c3ccccc3-n3cncn3)cc2c1. The van der Waals surface area contributed by atoms with Gasteiger partial charge in [-0.05, 0) is 36.4 Å². The molecule has 7 heteroatoms. The molecule has 2 aromatic carbocycles. The van der Waals surface area contributed by atoms with Crippen LogP contribution in [0.25, 0.3) is 16.6 Å². The number of benzene rings is 2. The molecule has 4 aromatic rings. The third kappa shape index (κ3) is 3.02. The summed E-state index contributed by atoms with van der Waals surface area (Å²) in [5.74, 6) is 0.626. The molecule has 1 amide bonds. The molecule has 0 fully saturated rings. The van der Waals surface area contributed by atoms with Crippen LogP contribution in [-0.2, 0) is 6.54 Å². The number of H-pyrrole nitrogens is 1. The van der Waals surface area contributed by atoms with Crippen LogP contribution in [0.4, 0.5) is 0 Å². The predicted molar refractivity (Wildman–Crippen MR) is 97.4 cm³/mol. The molecule has 26 heavy (non-hydrogen) atoms. The normalized spacial score (nSPS) is 10.8. The van der Waals surface area contributed by atoms with E-state index in [0.717, 1.165) is 22.3 Å². The summed E-state index contributed by atoms with van der Waals surface area (Å²) in [4.78, 5) is 19.9. The van der Waals surface area contributed by atoms with E-state index in [1.165, 1.54) is 6.33 Å². The topological polar surface area (TPSA) is 84.8 Å². The Balaban J connectivity index is 1.53. The second-order valence-corrected chi connectivity index (χ2v) is 5.79. The predicted octanol–water partition coefficient (Wildman–Crippen LogP) is 2.69. The van der Waals surface area contributed by atoms with E-state index in [1.807, 2.05) is 42.5 Å². The number of nitrogens with zero attached hydrogens (tertiary/aromatic N) is 3. The van der Waals surface area contributed by atoms with Crippen molar-refractivity contribution in [3.05, 3.63) is 72.4 Å². The summed E-state index contributed by atoms with van der Waals surface area (Å²) in [6, 6.07) is 15.1. The average Bonchev–Trinajstić information content (AvgIpc) is 3.34. The van der Waals surface area contributed by atoms with Gasteiger partial charge in [-0.15, -0.1) is 0 Å². The van der Waals surface area contributed by atoms with Crippen LogP contribution in [0, 0.1) is 0 Å². The van der Waals surface area contributed by atoms with Gasteiger partial charge in [0, 0.05) is 16.6 Å². The molecule has 0 atom stereocenters. The first-order valence-electron chi connectivity index (χ1n) is 8.12. The minimum Gasteiger partial charge on any atom is -0.497 e. The molecule has 0 saturated heterocycles. The Kier molecular flexibility index (Phi) is 4.10. The molecule has 0 spiro atoms. The van der Waals surface area contributed by atoms with E-state index < -0.39 is 0 Å². The summed E-state index contributed by atoms with van der Waals surface area (Å²) in [5, 5.41) is 8.08. The van der Waals surface area contributed by atoms with Crippen molar-refractivity contribution in [1.82, 2.24) is 25.1 Å². The van der Waals surface area contributed by atoms with Crippen molar-refractivity contribution in [2.45, 2.75) is 6.54 Å². The van der Waals surface area contributed by atoms with Gasteiger partial charge in [-0.25, -0.2) is 9.67 Å². The number of nitrogens with one attached hydrogen (secondary N) is 2. The van der Waals surface area contributed by atoms with Crippen molar-refractivity contribution in [2.75, 3.05) is 7.11 Å². The summed E-state index contributed by atoms with van der Waals surface area (Å²) >= 11 is 0. The maximum Gasteiger partial charge on any atom is 0.253 e. The van der Waals surface area contributed by atoms with Gasteiger partial charge in [0.15, 0.2) is 0 Å². The van der Waals surface area contributed by atoms with Crippen molar-refractivity contribution in [3.63, 3.8) is 0 Å². The van der Waals surface area contributed by atoms with Gasteiger partial charge < -0.3 is 15.0 Å². The zero-order valence-electron chi connectivity index (χ0n) is 14.1. The molecule has 0 bridgehead atoms. The minimum absolute atomic E-state index is 0.174. The van der Waals surface area contributed by atoms with Gasteiger partial charge in [0.2, 0.25) is 0 Å². The molecule has 130 valence electrons. The van der Waals surface area contributed by atoms with Gasteiger partial charge in [0.1, 0.15) is 18.4 Å². The standard InChI is InChI=1S/C19H17N5O2/c1-26-15-6-7-17-13(9-15)8-14(23-17)10-21-19(25)16-4-2-3-5-18(16)24-12-20-11-22-24/h2-9,11-12,23H,10H2,1H3,(H,21,25). The number of methoxy groups -OCH3 is 1. The minimum atomic E-state index is -0.174. The number of para-hydroxylation sites is 1. The molecule has 2 N–H and O–H groups in total. The Hall–Kier alpha value is -3.61. The van der Waals surface area contributed by atoms with Crippen molar-refractivity contribution in [1.29, 1.82) is 0 Å². The number of hydrogen-bond donors (Lipinski definition) is 2. The third-order valence-electron chi connectivity index (χ3n) is 4.14. The van der Waals surface area contributed by atoms with E-state index in [-0.39, 0.29) is 5.91 Å². The molecule has 0 radical (unpaired) electrons. The van der Waals surface area contributed by atoms with Gasteiger partial charge in [-0.1, -0.05) is 12.1 Å². The first-order chi connectivity index (χ1) is 12.7. The number of hydrogen-bond acceptors (Lipinski definition) is 4. The molecular formula is C19H17N5O2. The maximum atomic E-state index is 12.6. The number of aromatic amines is 1. The molecule has 4 rings (SSSR count). The monoisotopic (exact) mass is 347 g/mol. The molecule has 0 saturated carbocycles. The quantitative estimate of drug-likeness (QED) is 0.581. The van der Waals surface area contributed by atoms with Crippen LogP contribution in [0.1, 0.15) is 16.1 Å². The smallest absolute Gasteiger partial charge is 0.253 e. The highest BCUT2D eigenvalue weighted by atomic mass is 16.5. The average molecular weight is 347 g/mol. The number of ether oxygens (including phenoxy) is 1. The van der Waals surface area contributed by atoms with Crippen molar-refractivity contribution in [3.8, 4) is 11.4 Å². The summed E-state index contributed by atoms with van der Waals surface area (Å²) in [6.07, 6.45) is 3.00. The molecule has 2 heterocycles. The number of carbonyl (C=O) groups is 1. The molecule has 0 aliphatic carbocycles. The van der Waals surface area contributed by atoms with E-state index in [1.54, 1.807) is 24.2 Å². The molecule has 0 unspecified atom stereocenters. The van der Waals surface area contributed by atoms with Crippen molar-refractivity contribution >= 4 is 16.8 Å². The van der Waals surface area contributed by atoms with Crippen LogP contribution in [0.15, 0.2) is 61.2 Å². The van der Waals surface area contributed by atoms with Gasteiger partial charge in [-0.3, -0.25) is 4.79 Å². The lowest BCUT2D eigenvalue weighted by molar-refractivity contribution is 0.0950. The van der Waals surface area contributed by atoms with Crippen LogP contribution in [0.5, 0.6) is 5.75 Å². The van der Waals surface area contributed by atoms with Gasteiger partial charge in [0.05, 0.1) is 24.9 Å². The first kappa shape index (κ1) is 15.9. The fraction of sp³-hybridized carbons (Fsp3) is 0.105. The van der Waals surface area contributed by atoms with Crippen LogP contribution in [0.2, 0.25) is 0 Å². The summed E-state index contributed by atoms with van der Waals surface area (Å²) in [5.41, 5.74) is 3.14. The van der Waals surface area contributed by atoms with Gasteiger partial charge in [0.25, 0.3) is 5.91 Å². The van der Waals surface area contributed by atoms with Crippen molar-refractivity contribution < 1.29 is 9.53 Å². The number of rotatable bonds is 5.